The van der Waals surface area contributed by atoms with Gasteiger partial charge in [-0.2, -0.15) is 0 Å². The van der Waals surface area contributed by atoms with Gasteiger partial charge >= 0.3 is 12.1 Å². The van der Waals surface area contributed by atoms with E-state index in [1.165, 1.54) is 0 Å². The number of hydrogen-bond acceptors (Lipinski definition) is 4. The number of amides is 2. The summed E-state index contributed by atoms with van der Waals surface area (Å²) < 4.78 is 5.21. The Morgan fingerprint density at radius 1 is 0.880 bits per heavy atom. The molecule has 0 rings (SSSR count). The van der Waals surface area contributed by atoms with Crippen LogP contribution in [0.3, 0.4) is 0 Å². The first kappa shape index (κ1) is 23.2. The molecule has 1 N–H and O–H groups in total. The molecule has 2 amide bonds. The van der Waals surface area contributed by atoms with Crippen molar-refractivity contribution in [2.24, 2.45) is 0 Å². The summed E-state index contributed by atoms with van der Waals surface area (Å²) in [5, 5.41) is 9.02. The molecule has 0 spiro atoms. The van der Waals surface area contributed by atoms with Crippen molar-refractivity contribution >= 4 is 18.0 Å². The van der Waals surface area contributed by atoms with E-state index < -0.39 is 24.2 Å². The van der Waals surface area contributed by atoms with E-state index in [0.29, 0.717) is 13.1 Å². The molecule has 0 aromatic heterocycles. The van der Waals surface area contributed by atoms with Crippen LogP contribution in [0.1, 0.15) is 66.7 Å². The molecule has 0 aliphatic rings. The van der Waals surface area contributed by atoms with Crippen LogP contribution in [0.4, 0.5) is 4.79 Å². The van der Waals surface area contributed by atoms with E-state index in [1.807, 2.05) is 6.92 Å². The molecule has 7 heteroatoms. The fourth-order valence-corrected chi connectivity index (χ4v) is 2.20. The van der Waals surface area contributed by atoms with Crippen molar-refractivity contribution in [1.82, 2.24) is 9.80 Å². The lowest BCUT2D eigenvalue weighted by molar-refractivity contribution is -0.139. The number of hydrogen-bond donors (Lipinski definition) is 1. The van der Waals surface area contributed by atoms with Crippen LogP contribution < -0.4 is 0 Å². The molecule has 0 bridgehead atoms. The molecule has 0 saturated carbocycles. The zero-order valence-electron chi connectivity index (χ0n) is 16.3. The van der Waals surface area contributed by atoms with Crippen LogP contribution in [0.25, 0.3) is 0 Å². The Bertz CT molecular complexity index is 432. The minimum absolute atomic E-state index is 0.239. The SMILES string of the molecule is CCCCCN(CCCC)C(=O)CN(CC(=O)O)C(=O)OC(C)(C)C. The summed E-state index contributed by atoms with van der Waals surface area (Å²) in [6.45, 7) is 9.64. The molecular weight excluding hydrogens is 324 g/mol. The van der Waals surface area contributed by atoms with Crippen molar-refractivity contribution in [3.8, 4) is 0 Å². The van der Waals surface area contributed by atoms with Gasteiger partial charge < -0.3 is 14.7 Å². The number of carboxylic acids is 1. The average molecular weight is 358 g/mol. The molecule has 146 valence electrons. The second-order valence-electron chi connectivity index (χ2n) is 7.17. The van der Waals surface area contributed by atoms with Gasteiger partial charge in [-0.3, -0.25) is 14.5 Å². The van der Waals surface area contributed by atoms with Crippen LogP contribution in [0, 0.1) is 0 Å². The van der Waals surface area contributed by atoms with Crippen molar-refractivity contribution in [3.05, 3.63) is 0 Å². The number of aliphatic carboxylic acids is 1. The largest absolute Gasteiger partial charge is 0.480 e. The van der Waals surface area contributed by atoms with Gasteiger partial charge in [-0.25, -0.2) is 4.79 Å². The van der Waals surface area contributed by atoms with E-state index in [1.54, 1.807) is 25.7 Å². The van der Waals surface area contributed by atoms with Crippen LogP contribution in [0.5, 0.6) is 0 Å². The molecule has 7 nitrogen and oxygen atoms in total. The van der Waals surface area contributed by atoms with Gasteiger partial charge in [-0.05, 0) is 33.6 Å². The highest BCUT2D eigenvalue weighted by molar-refractivity contribution is 5.84. The molecule has 0 radical (unpaired) electrons. The van der Waals surface area contributed by atoms with Crippen LogP contribution in [0.2, 0.25) is 0 Å². The van der Waals surface area contributed by atoms with Crippen molar-refractivity contribution < 1.29 is 24.2 Å². The van der Waals surface area contributed by atoms with E-state index in [-0.39, 0.29) is 12.5 Å². The lowest BCUT2D eigenvalue weighted by Crippen LogP contribution is -2.47. The topological polar surface area (TPSA) is 87.2 Å². The van der Waals surface area contributed by atoms with E-state index in [9.17, 15) is 14.4 Å². The Morgan fingerprint density at radius 3 is 1.92 bits per heavy atom. The van der Waals surface area contributed by atoms with Gasteiger partial charge in [-0.1, -0.05) is 33.1 Å². The highest BCUT2D eigenvalue weighted by Gasteiger charge is 2.27. The predicted octanol–water partition coefficient (Wildman–Crippen LogP) is 3.13. The van der Waals surface area contributed by atoms with E-state index in [0.717, 1.165) is 37.0 Å². The van der Waals surface area contributed by atoms with E-state index in [2.05, 4.69) is 6.92 Å². The highest BCUT2D eigenvalue weighted by Crippen LogP contribution is 2.11. The van der Waals surface area contributed by atoms with Crippen LogP contribution in [-0.4, -0.2) is 64.7 Å². The Labute approximate surface area is 151 Å². The molecule has 0 aliphatic heterocycles. The van der Waals surface area contributed by atoms with Gasteiger partial charge in [0.05, 0.1) is 0 Å². The van der Waals surface area contributed by atoms with Crippen molar-refractivity contribution in [3.63, 3.8) is 0 Å². The lowest BCUT2D eigenvalue weighted by Gasteiger charge is -2.29. The molecule has 0 aliphatic carbocycles. The molecule has 0 unspecified atom stereocenters. The third kappa shape index (κ3) is 11.4. The molecule has 25 heavy (non-hydrogen) atoms. The van der Waals surface area contributed by atoms with Crippen LogP contribution >= 0.6 is 0 Å². The van der Waals surface area contributed by atoms with Crippen molar-refractivity contribution in [2.75, 3.05) is 26.2 Å². The minimum atomic E-state index is -1.18. The molecule has 0 aromatic carbocycles. The van der Waals surface area contributed by atoms with Gasteiger partial charge in [0, 0.05) is 13.1 Å². The third-order valence-corrected chi connectivity index (χ3v) is 3.47. The molecular formula is C18H34N2O5. The number of carbonyl (C=O) groups is 3. The van der Waals surface area contributed by atoms with Gasteiger partial charge in [-0.15, -0.1) is 0 Å². The first-order valence-electron chi connectivity index (χ1n) is 9.08. The number of unbranched alkanes of at least 4 members (excludes halogenated alkanes) is 3. The van der Waals surface area contributed by atoms with Crippen molar-refractivity contribution in [2.45, 2.75) is 72.3 Å². The zero-order valence-corrected chi connectivity index (χ0v) is 16.3. The maximum absolute atomic E-state index is 12.6. The van der Waals surface area contributed by atoms with Gasteiger partial charge in [0.15, 0.2) is 0 Å². The molecule has 0 atom stereocenters. The monoisotopic (exact) mass is 358 g/mol. The maximum Gasteiger partial charge on any atom is 0.411 e. The van der Waals surface area contributed by atoms with Gasteiger partial charge in [0.25, 0.3) is 0 Å². The number of nitrogens with zero attached hydrogens (tertiary/aromatic N) is 2. The predicted molar refractivity (Wildman–Crippen MR) is 96.5 cm³/mol. The summed E-state index contributed by atoms with van der Waals surface area (Å²) in [7, 11) is 0. The van der Waals surface area contributed by atoms with E-state index >= 15 is 0 Å². The fraction of sp³-hybridized carbons (Fsp3) is 0.833. The summed E-state index contributed by atoms with van der Waals surface area (Å²) in [4.78, 5) is 38.5. The second-order valence-corrected chi connectivity index (χ2v) is 7.17. The smallest absolute Gasteiger partial charge is 0.411 e. The Morgan fingerprint density at radius 2 is 1.44 bits per heavy atom. The lowest BCUT2D eigenvalue weighted by atomic mass is 10.2. The van der Waals surface area contributed by atoms with E-state index in [4.69, 9.17) is 9.84 Å². The second kappa shape index (κ2) is 11.7. The summed E-state index contributed by atoms with van der Waals surface area (Å²) in [6.07, 6.45) is 4.04. The number of rotatable bonds is 11. The Kier molecular flexibility index (Phi) is 10.9. The summed E-state index contributed by atoms with van der Waals surface area (Å²) in [6, 6.07) is 0. The molecule has 0 aromatic rings. The highest BCUT2D eigenvalue weighted by atomic mass is 16.6. The standard InChI is InChI=1S/C18H34N2O5/c1-6-8-10-12-19(11-9-7-2)15(21)13-20(14-16(22)23)17(24)25-18(3,4)5/h6-14H2,1-5H3,(H,22,23). The minimum Gasteiger partial charge on any atom is -0.480 e. The van der Waals surface area contributed by atoms with Crippen LogP contribution in [-0.2, 0) is 14.3 Å². The summed E-state index contributed by atoms with van der Waals surface area (Å²) in [5.41, 5.74) is -0.750. The fourth-order valence-electron chi connectivity index (χ4n) is 2.20. The first-order valence-corrected chi connectivity index (χ1v) is 9.08. The molecule has 0 fully saturated rings. The molecule has 0 heterocycles. The number of ether oxygens (including phenoxy) is 1. The first-order chi connectivity index (χ1) is 11.6. The number of carboxylic acid groups (broad SMARTS) is 1. The van der Waals surface area contributed by atoms with Gasteiger partial charge in [0.2, 0.25) is 5.91 Å². The Balaban J connectivity index is 4.96. The summed E-state index contributed by atoms with van der Waals surface area (Å²) in [5.74, 6) is -1.42. The normalized spacial score (nSPS) is 11.1. The van der Waals surface area contributed by atoms with Crippen molar-refractivity contribution in [1.29, 1.82) is 0 Å². The average Bonchev–Trinajstić information content (AvgIpc) is 2.47. The molecule has 0 saturated heterocycles. The van der Waals surface area contributed by atoms with Crippen LogP contribution in [0.15, 0.2) is 0 Å². The summed E-state index contributed by atoms with van der Waals surface area (Å²) >= 11 is 0. The Hall–Kier alpha value is -1.79. The quantitative estimate of drug-likeness (QED) is 0.573. The zero-order chi connectivity index (χ0) is 19.5. The number of carbonyl (C=O) groups excluding carboxylic acids is 2. The maximum atomic E-state index is 12.6. The van der Waals surface area contributed by atoms with Gasteiger partial charge in [0.1, 0.15) is 18.7 Å². The third-order valence-electron chi connectivity index (χ3n) is 3.47.